The second-order valence-corrected chi connectivity index (χ2v) is 12.8. The number of hydrogen-bond donors (Lipinski definition) is 1. The lowest BCUT2D eigenvalue weighted by Crippen LogP contribution is -2.53. The largest absolute Gasteiger partial charge is 0.352 e. The molecule has 2 amide bonds. The molecule has 10 heteroatoms. The van der Waals surface area contributed by atoms with Crippen molar-refractivity contribution in [1.82, 2.24) is 10.2 Å². The van der Waals surface area contributed by atoms with Gasteiger partial charge < -0.3 is 10.2 Å². The molecule has 0 aromatic heterocycles. The van der Waals surface area contributed by atoms with Crippen LogP contribution >= 0.6 is 23.2 Å². The van der Waals surface area contributed by atoms with Gasteiger partial charge in [0.05, 0.1) is 10.6 Å². The Morgan fingerprint density at radius 3 is 2.15 bits per heavy atom. The van der Waals surface area contributed by atoms with Crippen molar-refractivity contribution in [1.29, 1.82) is 0 Å². The molecule has 2 atom stereocenters. The minimum Gasteiger partial charge on any atom is -0.352 e. The molecule has 0 aliphatic carbocycles. The summed E-state index contributed by atoms with van der Waals surface area (Å²) < 4.78 is 29.0. The molecule has 0 fully saturated rings. The van der Waals surface area contributed by atoms with Crippen molar-refractivity contribution < 1.29 is 18.0 Å². The number of anilines is 1. The first-order valence-electron chi connectivity index (χ1n) is 13.6. The van der Waals surface area contributed by atoms with Gasteiger partial charge in [-0.25, -0.2) is 8.42 Å². The summed E-state index contributed by atoms with van der Waals surface area (Å²) >= 11 is 12.5. The van der Waals surface area contributed by atoms with E-state index in [9.17, 15) is 18.0 Å². The Balaban J connectivity index is 2.10. The molecule has 0 heterocycles. The van der Waals surface area contributed by atoms with Gasteiger partial charge in [0.25, 0.3) is 10.0 Å². The molecule has 0 aliphatic heterocycles. The number of halogens is 2. The van der Waals surface area contributed by atoms with Crippen LogP contribution in [0.4, 0.5) is 5.69 Å². The fraction of sp³-hybridized carbons (Fsp3) is 0.355. The average Bonchev–Trinajstić information content (AvgIpc) is 2.94. The standard InChI is InChI=1S/C31H37Cl2N3O4S/c1-6-23(5)34-31(38)29(7-2)35(19-24-10-8-9-11-28(24)33)30(37)20-36(26-15-12-21(3)22(4)18-26)41(39,40)27-16-13-25(32)14-17-27/h8-18,23,29H,6-7,19-20H2,1-5H3,(H,34,38)/t23-,29+/m1/s1. The molecular weight excluding hydrogens is 581 g/mol. The van der Waals surface area contributed by atoms with Gasteiger partial charge in [0.2, 0.25) is 11.8 Å². The maximum atomic E-state index is 14.2. The Morgan fingerprint density at radius 1 is 0.902 bits per heavy atom. The monoisotopic (exact) mass is 617 g/mol. The molecule has 0 radical (unpaired) electrons. The Bertz CT molecular complexity index is 1480. The number of nitrogens with one attached hydrogen (secondary N) is 1. The maximum Gasteiger partial charge on any atom is 0.264 e. The summed E-state index contributed by atoms with van der Waals surface area (Å²) in [7, 11) is -4.19. The fourth-order valence-corrected chi connectivity index (χ4v) is 6.04. The van der Waals surface area contributed by atoms with Gasteiger partial charge in [-0.3, -0.25) is 13.9 Å². The number of benzene rings is 3. The van der Waals surface area contributed by atoms with E-state index < -0.39 is 28.5 Å². The van der Waals surface area contributed by atoms with E-state index in [0.717, 1.165) is 21.9 Å². The van der Waals surface area contributed by atoms with Crippen molar-refractivity contribution >= 4 is 50.7 Å². The first kappa shape index (κ1) is 32.4. The molecular formula is C31H37Cl2N3O4S. The summed E-state index contributed by atoms with van der Waals surface area (Å²) in [6.45, 7) is 8.99. The highest BCUT2D eigenvalue weighted by Gasteiger charge is 2.34. The first-order chi connectivity index (χ1) is 19.4. The van der Waals surface area contributed by atoms with Crippen LogP contribution in [0.2, 0.25) is 10.0 Å². The lowest BCUT2D eigenvalue weighted by molar-refractivity contribution is -0.140. The average molecular weight is 619 g/mol. The smallest absolute Gasteiger partial charge is 0.264 e. The molecule has 3 aromatic rings. The van der Waals surface area contributed by atoms with E-state index in [1.165, 1.54) is 29.2 Å². The third-order valence-corrected chi connectivity index (χ3v) is 9.55. The lowest BCUT2D eigenvalue weighted by Gasteiger charge is -2.34. The summed E-state index contributed by atoms with van der Waals surface area (Å²) in [5, 5.41) is 3.80. The minimum atomic E-state index is -4.19. The Labute approximate surface area is 253 Å². The highest BCUT2D eigenvalue weighted by molar-refractivity contribution is 7.92. The van der Waals surface area contributed by atoms with Gasteiger partial charge in [-0.1, -0.05) is 61.3 Å². The van der Waals surface area contributed by atoms with Crippen LogP contribution in [-0.4, -0.2) is 43.8 Å². The zero-order valence-corrected chi connectivity index (χ0v) is 26.4. The molecule has 0 aliphatic rings. The third-order valence-electron chi connectivity index (χ3n) is 7.14. The predicted molar refractivity (Wildman–Crippen MR) is 166 cm³/mol. The summed E-state index contributed by atoms with van der Waals surface area (Å²) in [5.41, 5.74) is 2.84. The van der Waals surface area contributed by atoms with Gasteiger partial charge in [-0.2, -0.15) is 0 Å². The number of nitrogens with zero attached hydrogens (tertiary/aromatic N) is 2. The van der Waals surface area contributed by atoms with Crippen molar-refractivity contribution in [2.24, 2.45) is 0 Å². The summed E-state index contributed by atoms with van der Waals surface area (Å²) in [6.07, 6.45) is 1.05. The Kier molecular flexibility index (Phi) is 11.2. The van der Waals surface area contributed by atoms with Gasteiger partial charge in [0.15, 0.2) is 0 Å². The zero-order valence-electron chi connectivity index (χ0n) is 24.0. The molecule has 3 aromatic carbocycles. The number of carbonyl (C=O) groups is 2. The van der Waals surface area contributed by atoms with Gasteiger partial charge in [-0.05, 0) is 92.8 Å². The van der Waals surface area contributed by atoms with Crippen LogP contribution in [0.15, 0.2) is 71.6 Å². The molecule has 0 saturated carbocycles. The van der Waals surface area contributed by atoms with Crippen LogP contribution in [0.1, 0.15) is 50.3 Å². The Morgan fingerprint density at radius 2 is 1.56 bits per heavy atom. The van der Waals surface area contributed by atoms with Crippen molar-refractivity contribution in [2.45, 2.75) is 71.0 Å². The lowest BCUT2D eigenvalue weighted by atomic mass is 10.1. The number of aryl methyl sites for hydroxylation is 2. The summed E-state index contributed by atoms with van der Waals surface area (Å²) in [4.78, 5) is 28.9. The van der Waals surface area contributed by atoms with E-state index in [1.54, 1.807) is 36.4 Å². The normalized spacial score (nSPS) is 12.9. The van der Waals surface area contributed by atoms with Crippen LogP contribution in [0.25, 0.3) is 0 Å². The molecule has 220 valence electrons. The topological polar surface area (TPSA) is 86.8 Å². The molecule has 0 saturated heterocycles. The maximum absolute atomic E-state index is 14.2. The Hall–Kier alpha value is -3.07. The molecule has 3 rings (SSSR count). The number of rotatable bonds is 12. The first-order valence-corrected chi connectivity index (χ1v) is 15.8. The van der Waals surface area contributed by atoms with Gasteiger partial charge in [0, 0.05) is 22.6 Å². The van der Waals surface area contributed by atoms with E-state index in [-0.39, 0.29) is 23.4 Å². The second-order valence-electron chi connectivity index (χ2n) is 10.1. The van der Waals surface area contributed by atoms with Gasteiger partial charge in [0.1, 0.15) is 12.6 Å². The van der Waals surface area contributed by atoms with E-state index in [0.29, 0.717) is 27.7 Å². The van der Waals surface area contributed by atoms with Gasteiger partial charge in [-0.15, -0.1) is 0 Å². The third kappa shape index (κ3) is 8.03. The van der Waals surface area contributed by atoms with E-state index in [2.05, 4.69) is 5.32 Å². The highest BCUT2D eigenvalue weighted by atomic mass is 35.5. The van der Waals surface area contributed by atoms with E-state index in [1.807, 2.05) is 40.7 Å². The zero-order chi connectivity index (χ0) is 30.3. The second kappa shape index (κ2) is 14.2. The number of hydrogen-bond acceptors (Lipinski definition) is 4. The van der Waals surface area contributed by atoms with Crippen LogP contribution in [0.5, 0.6) is 0 Å². The summed E-state index contributed by atoms with van der Waals surface area (Å²) in [6, 6.07) is 17.2. The number of sulfonamides is 1. The minimum absolute atomic E-state index is 0.00728. The number of carbonyl (C=O) groups excluding carboxylic acids is 2. The molecule has 41 heavy (non-hydrogen) atoms. The van der Waals surface area contributed by atoms with Crippen LogP contribution < -0.4 is 9.62 Å². The fourth-order valence-electron chi connectivity index (χ4n) is 4.31. The molecule has 1 N–H and O–H groups in total. The van der Waals surface area contributed by atoms with Crippen molar-refractivity contribution in [3.05, 3.63) is 93.5 Å². The van der Waals surface area contributed by atoms with E-state index >= 15 is 0 Å². The van der Waals surface area contributed by atoms with Crippen LogP contribution in [0, 0.1) is 13.8 Å². The molecule has 0 bridgehead atoms. The van der Waals surface area contributed by atoms with Crippen LogP contribution in [-0.2, 0) is 26.2 Å². The van der Waals surface area contributed by atoms with E-state index in [4.69, 9.17) is 23.2 Å². The van der Waals surface area contributed by atoms with Crippen molar-refractivity contribution in [3.8, 4) is 0 Å². The quantitative estimate of drug-likeness (QED) is 0.250. The van der Waals surface area contributed by atoms with Crippen LogP contribution in [0.3, 0.4) is 0 Å². The molecule has 7 nitrogen and oxygen atoms in total. The predicted octanol–water partition coefficient (Wildman–Crippen LogP) is 6.53. The van der Waals surface area contributed by atoms with Crippen molar-refractivity contribution in [2.75, 3.05) is 10.8 Å². The van der Waals surface area contributed by atoms with Crippen molar-refractivity contribution in [3.63, 3.8) is 0 Å². The highest BCUT2D eigenvalue weighted by Crippen LogP contribution is 2.28. The molecule has 0 spiro atoms. The van der Waals surface area contributed by atoms with Gasteiger partial charge >= 0.3 is 0 Å². The summed E-state index contributed by atoms with van der Waals surface area (Å²) in [5.74, 6) is -0.840. The number of amides is 2. The molecule has 0 unspecified atom stereocenters. The SMILES string of the molecule is CC[C@@H](C)NC(=O)[C@H](CC)N(Cc1ccccc1Cl)C(=O)CN(c1ccc(C)c(C)c1)S(=O)(=O)c1ccc(Cl)cc1.